The molecule has 0 spiro atoms. The number of nitrogens with one attached hydrogen (secondary N) is 1. The third-order valence-electron chi connectivity index (χ3n) is 2.74. The average Bonchev–Trinajstić information content (AvgIpc) is 2.74. The molecule has 0 unspecified atom stereocenters. The third-order valence-corrected chi connectivity index (χ3v) is 2.74. The van der Waals surface area contributed by atoms with Gasteiger partial charge in [-0.1, -0.05) is 18.2 Å². The van der Waals surface area contributed by atoms with Gasteiger partial charge in [-0.3, -0.25) is 0 Å². The third kappa shape index (κ3) is 2.96. The molecule has 2 aromatic rings. The number of hydrogen-bond donors (Lipinski definition) is 1. The molecule has 0 saturated heterocycles. The van der Waals surface area contributed by atoms with Crippen molar-refractivity contribution in [2.45, 2.75) is 39.8 Å². The number of para-hydroxylation sites is 1. The number of benzene rings is 1. The van der Waals surface area contributed by atoms with Gasteiger partial charge in [0.25, 0.3) is 0 Å². The van der Waals surface area contributed by atoms with Crippen LogP contribution in [0.1, 0.15) is 32.2 Å². The fraction of sp³-hybridized carbons (Fsp3) is 0.429. The fourth-order valence-corrected chi connectivity index (χ4v) is 1.73. The van der Waals surface area contributed by atoms with E-state index in [4.69, 9.17) is 0 Å². The summed E-state index contributed by atoms with van der Waals surface area (Å²) in [4.78, 5) is 4.33. The Morgan fingerprint density at radius 3 is 2.61 bits per heavy atom. The largest absolute Gasteiger partial charge is 0.305 e. The lowest BCUT2D eigenvalue weighted by Gasteiger charge is -2.20. The van der Waals surface area contributed by atoms with E-state index in [-0.39, 0.29) is 5.54 Å². The van der Waals surface area contributed by atoms with Crippen molar-refractivity contribution in [1.29, 1.82) is 0 Å². The predicted molar refractivity (Wildman–Crippen MR) is 72.7 cm³/mol. The minimum atomic E-state index is 0.0719. The maximum Gasteiger partial charge on any atom is 0.146 e. The standard InChI is InChI=1S/C14H20N4/c1-11-7-5-6-8-12(11)18-13(15-10-17-18)9-16-14(2,3)4/h5-8,10,16H,9H2,1-4H3. The van der Waals surface area contributed by atoms with Crippen LogP contribution < -0.4 is 5.32 Å². The first kappa shape index (κ1) is 12.8. The van der Waals surface area contributed by atoms with Crippen molar-refractivity contribution in [2.75, 3.05) is 0 Å². The number of rotatable bonds is 3. The van der Waals surface area contributed by atoms with Crippen LogP contribution in [0.25, 0.3) is 5.69 Å². The second-order valence-electron chi connectivity index (χ2n) is 5.48. The first-order valence-corrected chi connectivity index (χ1v) is 6.17. The maximum atomic E-state index is 4.33. The second-order valence-corrected chi connectivity index (χ2v) is 5.48. The zero-order chi connectivity index (χ0) is 13.2. The van der Waals surface area contributed by atoms with Gasteiger partial charge in [0.05, 0.1) is 12.2 Å². The van der Waals surface area contributed by atoms with E-state index >= 15 is 0 Å². The molecule has 1 aromatic heterocycles. The summed E-state index contributed by atoms with van der Waals surface area (Å²) >= 11 is 0. The lowest BCUT2D eigenvalue weighted by atomic mass is 10.1. The van der Waals surface area contributed by atoms with Crippen molar-refractivity contribution in [1.82, 2.24) is 20.1 Å². The molecule has 1 heterocycles. The van der Waals surface area contributed by atoms with Gasteiger partial charge in [-0.25, -0.2) is 9.67 Å². The number of hydrogen-bond acceptors (Lipinski definition) is 3. The molecule has 1 N–H and O–H groups in total. The molecule has 18 heavy (non-hydrogen) atoms. The minimum absolute atomic E-state index is 0.0719. The van der Waals surface area contributed by atoms with E-state index in [1.807, 2.05) is 16.8 Å². The molecule has 0 atom stereocenters. The Morgan fingerprint density at radius 1 is 1.22 bits per heavy atom. The summed E-state index contributed by atoms with van der Waals surface area (Å²) in [7, 11) is 0. The van der Waals surface area contributed by atoms with Gasteiger partial charge in [0, 0.05) is 5.54 Å². The van der Waals surface area contributed by atoms with Crippen LogP contribution in [-0.4, -0.2) is 20.3 Å². The summed E-state index contributed by atoms with van der Waals surface area (Å²) in [5, 5.41) is 7.74. The Labute approximate surface area is 108 Å². The molecule has 0 fully saturated rings. The molecule has 96 valence electrons. The van der Waals surface area contributed by atoms with Crippen LogP contribution in [0, 0.1) is 6.92 Å². The lowest BCUT2D eigenvalue weighted by molar-refractivity contribution is 0.415. The quantitative estimate of drug-likeness (QED) is 0.902. The Hall–Kier alpha value is -1.68. The van der Waals surface area contributed by atoms with E-state index in [2.05, 4.69) is 55.2 Å². The van der Waals surface area contributed by atoms with Crippen molar-refractivity contribution < 1.29 is 0 Å². The molecule has 0 radical (unpaired) electrons. The summed E-state index contributed by atoms with van der Waals surface area (Å²) in [6, 6.07) is 8.19. The van der Waals surface area contributed by atoms with Crippen LogP contribution in [0.4, 0.5) is 0 Å². The van der Waals surface area contributed by atoms with Crippen molar-refractivity contribution in [3.63, 3.8) is 0 Å². The van der Waals surface area contributed by atoms with Crippen LogP contribution in [-0.2, 0) is 6.54 Å². The molecule has 0 bridgehead atoms. The molecule has 0 aliphatic carbocycles. The van der Waals surface area contributed by atoms with E-state index in [1.54, 1.807) is 6.33 Å². The molecule has 0 amide bonds. The highest BCUT2D eigenvalue weighted by Gasteiger charge is 2.13. The first-order valence-electron chi connectivity index (χ1n) is 6.17. The van der Waals surface area contributed by atoms with E-state index in [0.29, 0.717) is 6.54 Å². The highest BCUT2D eigenvalue weighted by atomic mass is 15.3. The normalized spacial score (nSPS) is 11.8. The summed E-state index contributed by atoms with van der Waals surface area (Å²) in [6.45, 7) is 9.21. The molecular weight excluding hydrogens is 224 g/mol. The van der Waals surface area contributed by atoms with Crippen molar-refractivity contribution in [2.24, 2.45) is 0 Å². The van der Waals surface area contributed by atoms with Crippen LogP contribution >= 0.6 is 0 Å². The van der Waals surface area contributed by atoms with Gasteiger partial charge >= 0.3 is 0 Å². The van der Waals surface area contributed by atoms with Crippen LogP contribution in [0.5, 0.6) is 0 Å². The van der Waals surface area contributed by atoms with Crippen molar-refractivity contribution in [3.8, 4) is 5.69 Å². The van der Waals surface area contributed by atoms with E-state index in [0.717, 1.165) is 11.5 Å². The van der Waals surface area contributed by atoms with Gasteiger partial charge in [-0.2, -0.15) is 5.10 Å². The predicted octanol–water partition coefficient (Wildman–Crippen LogP) is 2.46. The van der Waals surface area contributed by atoms with E-state index < -0.39 is 0 Å². The zero-order valence-electron chi connectivity index (χ0n) is 11.4. The van der Waals surface area contributed by atoms with E-state index in [9.17, 15) is 0 Å². The monoisotopic (exact) mass is 244 g/mol. The fourth-order valence-electron chi connectivity index (χ4n) is 1.73. The molecule has 0 aliphatic heterocycles. The number of aromatic nitrogens is 3. The topological polar surface area (TPSA) is 42.7 Å². The Bertz CT molecular complexity index is 523. The average molecular weight is 244 g/mol. The molecule has 4 nitrogen and oxygen atoms in total. The van der Waals surface area contributed by atoms with Gasteiger partial charge < -0.3 is 5.32 Å². The summed E-state index contributed by atoms with van der Waals surface area (Å²) < 4.78 is 1.90. The number of nitrogens with zero attached hydrogens (tertiary/aromatic N) is 3. The number of aryl methyl sites for hydroxylation is 1. The molecule has 4 heteroatoms. The van der Waals surface area contributed by atoms with Gasteiger partial charge in [-0.05, 0) is 39.3 Å². The van der Waals surface area contributed by atoms with Crippen molar-refractivity contribution in [3.05, 3.63) is 42.0 Å². The second kappa shape index (κ2) is 4.90. The highest BCUT2D eigenvalue weighted by molar-refractivity contribution is 5.39. The van der Waals surface area contributed by atoms with Gasteiger partial charge in [-0.15, -0.1) is 0 Å². The summed E-state index contributed by atoms with van der Waals surface area (Å²) in [6.07, 6.45) is 1.60. The highest BCUT2D eigenvalue weighted by Crippen LogP contribution is 2.14. The lowest BCUT2D eigenvalue weighted by Crippen LogP contribution is -2.36. The first-order chi connectivity index (χ1) is 8.47. The summed E-state index contributed by atoms with van der Waals surface area (Å²) in [5.41, 5.74) is 2.35. The molecular formula is C14H20N4. The summed E-state index contributed by atoms with van der Waals surface area (Å²) in [5.74, 6) is 0.930. The zero-order valence-corrected chi connectivity index (χ0v) is 11.4. The van der Waals surface area contributed by atoms with Gasteiger partial charge in [0.15, 0.2) is 0 Å². The van der Waals surface area contributed by atoms with Crippen molar-refractivity contribution >= 4 is 0 Å². The molecule has 2 rings (SSSR count). The van der Waals surface area contributed by atoms with Gasteiger partial charge in [0.1, 0.15) is 12.2 Å². The van der Waals surface area contributed by atoms with Crippen LogP contribution in [0.3, 0.4) is 0 Å². The van der Waals surface area contributed by atoms with Crippen LogP contribution in [0.2, 0.25) is 0 Å². The maximum absolute atomic E-state index is 4.33. The Balaban J connectivity index is 2.26. The Morgan fingerprint density at radius 2 is 1.94 bits per heavy atom. The molecule has 1 aromatic carbocycles. The SMILES string of the molecule is Cc1ccccc1-n1ncnc1CNC(C)(C)C. The molecule has 0 aliphatic rings. The van der Waals surface area contributed by atoms with Gasteiger partial charge in [0.2, 0.25) is 0 Å². The smallest absolute Gasteiger partial charge is 0.146 e. The minimum Gasteiger partial charge on any atom is -0.305 e. The van der Waals surface area contributed by atoms with E-state index in [1.165, 1.54) is 5.56 Å². The Kier molecular flexibility index (Phi) is 3.48. The molecule has 0 saturated carbocycles. The van der Waals surface area contributed by atoms with Crippen LogP contribution in [0.15, 0.2) is 30.6 Å².